The molecule has 1 aromatic carbocycles. The molecule has 100 valence electrons. The Morgan fingerprint density at radius 2 is 1.95 bits per heavy atom. The topological polar surface area (TPSA) is 54.7 Å². The van der Waals surface area contributed by atoms with Crippen molar-refractivity contribution in [3.05, 3.63) is 40.8 Å². The number of aromatic amines is 1. The van der Waals surface area contributed by atoms with Gasteiger partial charge in [0.15, 0.2) is 0 Å². The molecule has 0 saturated heterocycles. The molecule has 0 amide bonds. The van der Waals surface area contributed by atoms with Gasteiger partial charge in [0, 0.05) is 17.5 Å². The van der Waals surface area contributed by atoms with Gasteiger partial charge in [-0.15, -0.1) is 0 Å². The minimum Gasteiger partial charge on any atom is -0.341 e. The van der Waals surface area contributed by atoms with E-state index in [1.54, 1.807) is 0 Å². The molecule has 1 aliphatic carbocycles. The van der Waals surface area contributed by atoms with Gasteiger partial charge in [0.1, 0.15) is 5.82 Å². The molecular weight excluding hydrogens is 234 g/mol. The highest BCUT2D eigenvalue weighted by Crippen LogP contribution is 2.46. The summed E-state index contributed by atoms with van der Waals surface area (Å²) in [6, 6.07) is 4.35. The minimum absolute atomic E-state index is 0.131. The number of aryl methyl sites for hydroxylation is 1. The van der Waals surface area contributed by atoms with E-state index in [0.29, 0.717) is 6.54 Å². The van der Waals surface area contributed by atoms with Crippen LogP contribution in [0.1, 0.15) is 35.4 Å². The van der Waals surface area contributed by atoms with Crippen LogP contribution in [0.15, 0.2) is 18.3 Å². The molecule has 3 heteroatoms. The van der Waals surface area contributed by atoms with Gasteiger partial charge in [0.25, 0.3) is 0 Å². The molecule has 3 N–H and O–H groups in total. The second-order valence-electron chi connectivity index (χ2n) is 5.81. The Kier molecular flexibility index (Phi) is 2.75. The van der Waals surface area contributed by atoms with Crippen LogP contribution < -0.4 is 5.73 Å². The molecule has 1 heterocycles. The van der Waals surface area contributed by atoms with E-state index in [0.717, 1.165) is 24.4 Å². The lowest BCUT2D eigenvalue weighted by atomic mass is 9.97. The van der Waals surface area contributed by atoms with Gasteiger partial charge in [-0.25, -0.2) is 4.98 Å². The standard InChI is InChI=1S/C16H21N3/c1-10-4-5-13(12(3)11(10)2)14-8-18-15(19-14)16(9-17)6-7-16/h4-5,8H,6-7,9,17H2,1-3H3,(H,18,19). The lowest BCUT2D eigenvalue weighted by Crippen LogP contribution is -2.21. The van der Waals surface area contributed by atoms with Crippen molar-refractivity contribution in [2.45, 2.75) is 39.0 Å². The molecule has 0 radical (unpaired) electrons. The SMILES string of the molecule is Cc1ccc(-c2cnc(C3(CN)CC3)[nH]2)c(C)c1C. The van der Waals surface area contributed by atoms with E-state index in [9.17, 15) is 0 Å². The van der Waals surface area contributed by atoms with Crippen molar-refractivity contribution in [3.8, 4) is 11.3 Å². The summed E-state index contributed by atoms with van der Waals surface area (Å²) in [4.78, 5) is 8.03. The molecule has 2 aromatic rings. The molecule has 0 aliphatic heterocycles. The summed E-state index contributed by atoms with van der Waals surface area (Å²) in [5.41, 5.74) is 12.4. The van der Waals surface area contributed by atoms with Crippen molar-refractivity contribution in [2.24, 2.45) is 5.73 Å². The first kappa shape index (κ1) is 12.4. The molecule has 0 bridgehead atoms. The number of hydrogen-bond donors (Lipinski definition) is 2. The molecule has 1 aliphatic rings. The number of imidazole rings is 1. The molecule has 0 unspecified atom stereocenters. The van der Waals surface area contributed by atoms with Crippen LogP contribution >= 0.6 is 0 Å². The number of aromatic nitrogens is 2. The Hall–Kier alpha value is -1.61. The van der Waals surface area contributed by atoms with Gasteiger partial charge in [0.05, 0.1) is 11.9 Å². The second-order valence-corrected chi connectivity index (χ2v) is 5.81. The largest absolute Gasteiger partial charge is 0.341 e. The zero-order valence-corrected chi connectivity index (χ0v) is 11.9. The molecule has 1 aromatic heterocycles. The summed E-state index contributed by atoms with van der Waals surface area (Å²) in [7, 11) is 0. The number of nitrogens with one attached hydrogen (secondary N) is 1. The van der Waals surface area contributed by atoms with Crippen molar-refractivity contribution < 1.29 is 0 Å². The Bertz CT molecular complexity index is 621. The van der Waals surface area contributed by atoms with E-state index in [1.807, 2.05) is 6.20 Å². The third kappa shape index (κ3) is 1.89. The number of H-pyrrole nitrogens is 1. The summed E-state index contributed by atoms with van der Waals surface area (Å²) in [6.07, 6.45) is 4.26. The first-order valence-corrected chi connectivity index (χ1v) is 6.90. The van der Waals surface area contributed by atoms with Crippen LogP contribution in [0.3, 0.4) is 0 Å². The molecule has 19 heavy (non-hydrogen) atoms. The summed E-state index contributed by atoms with van der Waals surface area (Å²) >= 11 is 0. The Morgan fingerprint density at radius 3 is 2.58 bits per heavy atom. The van der Waals surface area contributed by atoms with Crippen LogP contribution in [0, 0.1) is 20.8 Å². The van der Waals surface area contributed by atoms with Gasteiger partial charge >= 0.3 is 0 Å². The van der Waals surface area contributed by atoms with Gasteiger partial charge < -0.3 is 10.7 Å². The van der Waals surface area contributed by atoms with Crippen LogP contribution in [0.2, 0.25) is 0 Å². The molecule has 0 spiro atoms. The molecule has 0 atom stereocenters. The number of hydrogen-bond acceptors (Lipinski definition) is 2. The molecule has 3 rings (SSSR count). The smallest absolute Gasteiger partial charge is 0.114 e. The maximum atomic E-state index is 5.86. The Labute approximate surface area is 114 Å². The zero-order chi connectivity index (χ0) is 13.6. The van der Waals surface area contributed by atoms with Crippen molar-refractivity contribution in [2.75, 3.05) is 6.54 Å². The average molecular weight is 255 g/mol. The molecule has 1 saturated carbocycles. The van der Waals surface area contributed by atoms with Crippen LogP contribution in [0.4, 0.5) is 0 Å². The predicted octanol–water partition coefficient (Wildman–Crippen LogP) is 2.99. The number of rotatable bonds is 3. The highest BCUT2D eigenvalue weighted by molar-refractivity contribution is 5.65. The first-order valence-electron chi connectivity index (χ1n) is 6.90. The van der Waals surface area contributed by atoms with Gasteiger partial charge in [0.2, 0.25) is 0 Å². The molecular formula is C16H21N3. The fourth-order valence-corrected chi connectivity index (χ4v) is 2.66. The van der Waals surface area contributed by atoms with Gasteiger partial charge in [-0.1, -0.05) is 12.1 Å². The summed E-state index contributed by atoms with van der Waals surface area (Å²) in [5.74, 6) is 1.06. The van der Waals surface area contributed by atoms with Crippen molar-refractivity contribution in [1.29, 1.82) is 0 Å². The normalized spacial score (nSPS) is 16.6. The van der Waals surface area contributed by atoms with E-state index in [4.69, 9.17) is 5.73 Å². The number of benzene rings is 1. The fourth-order valence-electron chi connectivity index (χ4n) is 2.66. The third-order valence-corrected chi connectivity index (χ3v) is 4.67. The highest BCUT2D eigenvalue weighted by atomic mass is 15.0. The van der Waals surface area contributed by atoms with E-state index < -0.39 is 0 Å². The van der Waals surface area contributed by atoms with Crippen LogP contribution in [0.5, 0.6) is 0 Å². The molecule has 1 fully saturated rings. The Balaban J connectivity index is 2.02. The first-order chi connectivity index (χ1) is 9.07. The van der Waals surface area contributed by atoms with Crippen molar-refractivity contribution >= 4 is 0 Å². The van der Waals surface area contributed by atoms with E-state index in [2.05, 4.69) is 42.9 Å². The van der Waals surface area contributed by atoms with Gasteiger partial charge in [-0.3, -0.25) is 0 Å². The van der Waals surface area contributed by atoms with Crippen LogP contribution in [-0.2, 0) is 5.41 Å². The van der Waals surface area contributed by atoms with E-state index in [1.165, 1.54) is 22.3 Å². The maximum absolute atomic E-state index is 5.86. The quantitative estimate of drug-likeness (QED) is 0.886. The van der Waals surface area contributed by atoms with E-state index in [-0.39, 0.29) is 5.41 Å². The van der Waals surface area contributed by atoms with Gasteiger partial charge in [-0.2, -0.15) is 0 Å². The van der Waals surface area contributed by atoms with Gasteiger partial charge in [-0.05, 0) is 50.3 Å². The van der Waals surface area contributed by atoms with Crippen molar-refractivity contribution in [3.63, 3.8) is 0 Å². The second kappa shape index (κ2) is 4.20. The highest BCUT2D eigenvalue weighted by Gasteiger charge is 2.45. The lowest BCUT2D eigenvalue weighted by molar-refractivity contribution is 0.659. The predicted molar refractivity (Wildman–Crippen MR) is 78.2 cm³/mol. The number of nitrogens with two attached hydrogens (primary N) is 1. The van der Waals surface area contributed by atoms with E-state index >= 15 is 0 Å². The summed E-state index contributed by atoms with van der Waals surface area (Å²) in [6.45, 7) is 7.19. The van der Waals surface area contributed by atoms with Crippen molar-refractivity contribution in [1.82, 2.24) is 9.97 Å². The summed E-state index contributed by atoms with van der Waals surface area (Å²) < 4.78 is 0. The zero-order valence-electron chi connectivity index (χ0n) is 11.9. The minimum atomic E-state index is 0.131. The lowest BCUT2D eigenvalue weighted by Gasteiger charge is -2.10. The monoisotopic (exact) mass is 255 g/mol. The summed E-state index contributed by atoms with van der Waals surface area (Å²) in [5, 5.41) is 0. The third-order valence-electron chi connectivity index (χ3n) is 4.67. The average Bonchev–Trinajstić information content (AvgIpc) is 3.07. The molecule has 3 nitrogen and oxygen atoms in total. The fraction of sp³-hybridized carbons (Fsp3) is 0.438. The van der Waals surface area contributed by atoms with Crippen LogP contribution in [-0.4, -0.2) is 16.5 Å². The van der Waals surface area contributed by atoms with Crippen LogP contribution in [0.25, 0.3) is 11.3 Å². The maximum Gasteiger partial charge on any atom is 0.114 e. The Morgan fingerprint density at radius 1 is 1.21 bits per heavy atom. The number of nitrogens with zero attached hydrogens (tertiary/aromatic N) is 1.